The Morgan fingerprint density at radius 2 is 1.74 bits per heavy atom. The van der Waals surface area contributed by atoms with Crippen LogP contribution in [0.5, 0.6) is 0 Å². The van der Waals surface area contributed by atoms with Crippen molar-refractivity contribution in [2.75, 3.05) is 16.2 Å². The summed E-state index contributed by atoms with van der Waals surface area (Å²) >= 11 is 6.29. The van der Waals surface area contributed by atoms with E-state index in [1.165, 1.54) is 6.07 Å². The van der Waals surface area contributed by atoms with Gasteiger partial charge in [-0.3, -0.25) is 9.52 Å². The van der Waals surface area contributed by atoms with E-state index in [0.29, 0.717) is 29.4 Å². The molecule has 1 N–H and O–H groups in total. The lowest BCUT2D eigenvalue weighted by atomic mass is 9.87. The van der Waals surface area contributed by atoms with E-state index < -0.39 is 10.0 Å². The first-order valence-electron chi connectivity index (χ1n) is 8.81. The summed E-state index contributed by atoms with van der Waals surface area (Å²) in [6.07, 6.45) is 1.31. The fraction of sp³-hybridized carbons (Fsp3) is 0.350. The zero-order chi connectivity index (χ0) is 19.8. The Morgan fingerprint density at radius 1 is 1.07 bits per heavy atom. The molecule has 0 atom stereocenters. The van der Waals surface area contributed by atoms with Gasteiger partial charge in [-0.15, -0.1) is 0 Å². The lowest BCUT2D eigenvalue weighted by Gasteiger charge is -2.19. The van der Waals surface area contributed by atoms with Gasteiger partial charge in [-0.25, -0.2) is 8.42 Å². The van der Waals surface area contributed by atoms with Crippen LogP contribution in [-0.4, -0.2) is 20.9 Å². The van der Waals surface area contributed by atoms with Crippen LogP contribution in [0.1, 0.15) is 39.2 Å². The first kappa shape index (κ1) is 19.7. The van der Waals surface area contributed by atoms with Crippen LogP contribution in [0.15, 0.2) is 47.4 Å². The third kappa shape index (κ3) is 4.28. The Labute approximate surface area is 165 Å². The molecule has 0 radical (unpaired) electrons. The Bertz CT molecular complexity index is 964. The Morgan fingerprint density at radius 3 is 2.26 bits per heavy atom. The maximum Gasteiger partial charge on any atom is 0.261 e. The molecule has 7 heteroatoms. The lowest BCUT2D eigenvalue weighted by molar-refractivity contribution is -0.117. The summed E-state index contributed by atoms with van der Waals surface area (Å²) in [5, 5.41) is 0.341. The average Bonchev–Trinajstić information content (AvgIpc) is 3.00. The zero-order valence-corrected chi connectivity index (χ0v) is 17.2. The summed E-state index contributed by atoms with van der Waals surface area (Å²) < 4.78 is 27.8. The summed E-state index contributed by atoms with van der Waals surface area (Å²) in [7, 11) is -3.72. The van der Waals surface area contributed by atoms with Crippen LogP contribution in [0.25, 0.3) is 0 Å². The molecule has 1 saturated heterocycles. The molecule has 1 heterocycles. The molecule has 2 aromatic carbocycles. The molecule has 0 aromatic heterocycles. The van der Waals surface area contributed by atoms with Crippen LogP contribution < -0.4 is 9.62 Å². The largest absolute Gasteiger partial charge is 0.311 e. The van der Waals surface area contributed by atoms with E-state index >= 15 is 0 Å². The van der Waals surface area contributed by atoms with Crippen molar-refractivity contribution in [2.24, 2.45) is 0 Å². The molecule has 1 fully saturated rings. The number of nitrogens with one attached hydrogen (secondary N) is 1. The molecule has 0 saturated carbocycles. The molecule has 0 aliphatic carbocycles. The molecule has 0 unspecified atom stereocenters. The monoisotopic (exact) mass is 406 g/mol. The normalized spacial score (nSPS) is 15.3. The highest BCUT2D eigenvalue weighted by atomic mass is 35.5. The van der Waals surface area contributed by atoms with Crippen molar-refractivity contribution in [3.63, 3.8) is 0 Å². The van der Waals surface area contributed by atoms with Gasteiger partial charge in [0.2, 0.25) is 5.91 Å². The van der Waals surface area contributed by atoms with Crippen molar-refractivity contribution in [1.82, 2.24) is 0 Å². The van der Waals surface area contributed by atoms with Crippen LogP contribution in [0, 0.1) is 0 Å². The third-order valence-electron chi connectivity index (χ3n) is 4.59. The SMILES string of the molecule is CC(C)(C)c1ccc(S(=O)(=O)Nc2ccc(N3CCCC3=O)c(Cl)c2)cc1. The molecule has 144 valence electrons. The van der Waals surface area contributed by atoms with E-state index in [1.807, 2.05) is 12.1 Å². The van der Waals surface area contributed by atoms with Crippen LogP contribution in [0.4, 0.5) is 11.4 Å². The predicted octanol–water partition coefficient (Wildman–Crippen LogP) is 4.57. The average molecular weight is 407 g/mol. The first-order valence-corrected chi connectivity index (χ1v) is 10.7. The Balaban J connectivity index is 1.81. The number of benzene rings is 2. The van der Waals surface area contributed by atoms with Crippen molar-refractivity contribution in [3.8, 4) is 0 Å². The second-order valence-electron chi connectivity index (χ2n) is 7.69. The second-order valence-corrected chi connectivity index (χ2v) is 9.78. The second kappa shape index (κ2) is 7.17. The maximum atomic E-state index is 12.6. The van der Waals surface area contributed by atoms with Crippen molar-refractivity contribution in [2.45, 2.75) is 43.9 Å². The molecular formula is C20H23ClN2O3S. The fourth-order valence-electron chi connectivity index (χ4n) is 3.04. The minimum Gasteiger partial charge on any atom is -0.311 e. The Hall–Kier alpha value is -2.05. The number of sulfonamides is 1. The number of rotatable bonds is 4. The number of hydrogen-bond donors (Lipinski definition) is 1. The van der Waals surface area contributed by atoms with Crippen LogP contribution in [-0.2, 0) is 20.2 Å². The van der Waals surface area contributed by atoms with Crippen molar-refractivity contribution in [3.05, 3.63) is 53.1 Å². The van der Waals surface area contributed by atoms with E-state index in [0.717, 1.165) is 12.0 Å². The molecule has 0 spiro atoms. The summed E-state index contributed by atoms with van der Waals surface area (Å²) in [5.74, 6) is 0.0316. The van der Waals surface area contributed by atoms with Gasteiger partial charge in [-0.05, 0) is 47.7 Å². The third-order valence-corrected chi connectivity index (χ3v) is 6.29. The fourth-order valence-corrected chi connectivity index (χ4v) is 4.37. The summed E-state index contributed by atoms with van der Waals surface area (Å²) in [5.41, 5.74) is 1.97. The number of carbonyl (C=O) groups excluding carboxylic acids is 1. The van der Waals surface area contributed by atoms with Gasteiger partial charge in [0.15, 0.2) is 0 Å². The van der Waals surface area contributed by atoms with E-state index in [-0.39, 0.29) is 16.2 Å². The highest BCUT2D eigenvalue weighted by Crippen LogP contribution is 2.32. The number of halogens is 1. The minimum absolute atomic E-state index is 0.0316. The van der Waals surface area contributed by atoms with E-state index in [4.69, 9.17) is 11.6 Å². The van der Waals surface area contributed by atoms with Gasteiger partial charge in [0.25, 0.3) is 10.0 Å². The lowest BCUT2D eigenvalue weighted by Crippen LogP contribution is -2.24. The van der Waals surface area contributed by atoms with Gasteiger partial charge in [0.05, 0.1) is 21.3 Å². The van der Waals surface area contributed by atoms with Gasteiger partial charge in [-0.1, -0.05) is 44.5 Å². The van der Waals surface area contributed by atoms with E-state index in [2.05, 4.69) is 25.5 Å². The molecule has 1 amide bonds. The number of amides is 1. The van der Waals surface area contributed by atoms with Gasteiger partial charge in [0, 0.05) is 13.0 Å². The number of anilines is 2. The topological polar surface area (TPSA) is 66.5 Å². The van der Waals surface area contributed by atoms with Gasteiger partial charge in [-0.2, -0.15) is 0 Å². The number of hydrogen-bond acceptors (Lipinski definition) is 3. The first-order chi connectivity index (χ1) is 12.6. The van der Waals surface area contributed by atoms with Gasteiger partial charge in [0.1, 0.15) is 0 Å². The predicted molar refractivity (Wildman–Crippen MR) is 109 cm³/mol. The standard InChI is InChI=1S/C20H23ClN2O3S/c1-20(2,3)14-6-9-16(10-7-14)27(25,26)22-15-8-11-18(17(21)13-15)23-12-4-5-19(23)24/h6-11,13,22H,4-5,12H2,1-3H3. The number of nitrogens with zero attached hydrogens (tertiary/aromatic N) is 1. The summed E-state index contributed by atoms with van der Waals surface area (Å²) in [4.78, 5) is 13.7. The minimum atomic E-state index is -3.72. The van der Waals surface area contributed by atoms with E-state index in [1.54, 1.807) is 29.2 Å². The molecular weight excluding hydrogens is 384 g/mol. The Kier molecular flexibility index (Phi) is 5.23. The molecule has 5 nitrogen and oxygen atoms in total. The quantitative estimate of drug-likeness (QED) is 0.808. The van der Waals surface area contributed by atoms with Crippen LogP contribution in [0.2, 0.25) is 5.02 Å². The molecule has 27 heavy (non-hydrogen) atoms. The molecule has 3 rings (SSSR count). The molecule has 2 aromatic rings. The van der Waals surface area contributed by atoms with E-state index in [9.17, 15) is 13.2 Å². The molecule has 1 aliphatic heterocycles. The summed E-state index contributed by atoms with van der Waals surface area (Å²) in [6.45, 7) is 6.85. The molecule has 1 aliphatic rings. The van der Waals surface area contributed by atoms with Gasteiger partial charge >= 0.3 is 0 Å². The number of carbonyl (C=O) groups is 1. The smallest absolute Gasteiger partial charge is 0.261 e. The van der Waals surface area contributed by atoms with Crippen LogP contribution in [0.3, 0.4) is 0 Å². The zero-order valence-electron chi connectivity index (χ0n) is 15.6. The van der Waals surface area contributed by atoms with Crippen molar-refractivity contribution >= 4 is 38.9 Å². The van der Waals surface area contributed by atoms with Gasteiger partial charge < -0.3 is 4.90 Å². The summed E-state index contributed by atoms with van der Waals surface area (Å²) in [6, 6.07) is 11.7. The van der Waals surface area contributed by atoms with Crippen LogP contribution >= 0.6 is 11.6 Å². The van der Waals surface area contributed by atoms with Crippen molar-refractivity contribution in [1.29, 1.82) is 0 Å². The maximum absolute atomic E-state index is 12.6. The highest BCUT2D eigenvalue weighted by molar-refractivity contribution is 7.92. The molecule has 0 bridgehead atoms. The van der Waals surface area contributed by atoms with Crippen molar-refractivity contribution < 1.29 is 13.2 Å². The highest BCUT2D eigenvalue weighted by Gasteiger charge is 2.24.